The van der Waals surface area contributed by atoms with Crippen molar-refractivity contribution < 1.29 is 9.53 Å². The molecule has 0 aromatic carbocycles. The second-order valence-corrected chi connectivity index (χ2v) is 5.78. The summed E-state index contributed by atoms with van der Waals surface area (Å²) in [6, 6.07) is 0.351. The molecule has 2 rings (SSSR count). The first kappa shape index (κ1) is 11.7. The van der Waals surface area contributed by atoms with Crippen LogP contribution in [0.1, 0.15) is 33.6 Å². The Kier molecular flexibility index (Phi) is 3.10. The summed E-state index contributed by atoms with van der Waals surface area (Å²) in [7, 11) is 0. The molecule has 1 N–H and O–H groups in total. The average molecular weight is 226 g/mol. The number of amides is 1. The van der Waals surface area contributed by atoms with Gasteiger partial charge >= 0.3 is 6.09 Å². The zero-order valence-electron chi connectivity index (χ0n) is 10.5. The van der Waals surface area contributed by atoms with Crippen LogP contribution in [0.4, 0.5) is 4.79 Å². The number of hydrogen-bond acceptors (Lipinski definition) is 3. The van der Waals surface area contributed by atoms with Crippen LogP contribution in [0.25, 0.3) is 0 Å². The SMILES string of the molecule is CC(C)(C)OC(=O)N1CC[C@@H]2CCNCC21. The summed E-state index contributed by atoms with van der Waals surface area (Å²) in [5, 5.41) is 3.35. The third-order valence-electron chi connectivity index (χ3n) is 3.36. The molecule has 2 fully saturated rings. The number of fused-ring (bicyclic) bond motifs is 1. The van der Waals surface area contributed by atoms with E-state index in [0.29, 0.717) is 12.0 Å². The van der Waals surface area contributed by atoms with Gasteiger partial charge in [-0.3, -0.25) is 0 Å². The van der Waals surface area contributed by atoms with Crippen LogP contribution in [-0.2, 0) is 4.74 Å². The lowest BCUT2D eigenvalue weighted by Gasteiger charge is -2.33. The van der Waals surface area contributed by atoms with Crippen LogP contribution < -0.4 is 5.32 Å². The van der Waals surface area contributed by atoms with Crippen LogP contribution in [0.2, 0.25) is 0 Å². The van der Waals surface area contributed by atoms with Crippen LogP contribution in [0.15, 0.2) is 0 Å². The van der Waals surface area contributed by atoms with Crippen molar-refractivity contribution in [3.05, 3.63) is 0 Å². The summed E-state index contributed by atoms with van der Waals surface area (Å²) in [4.78, 5) is 13.9. The molecule has 0 saturated carbocycles. The van der Waals surface area contributed by atoms with Gasteiger partial charge in [-0.25, -0.2) is 4.79 Å². The molecule has 0 aliphatic carbocycles. The molecule has 92 valence electrons. The number of nitrogens with one attached hydrogen (secondary N) is 1. The normalized spacial score (nSPS) is 30.1. The minimum absolute atomic E-state index is 0.149. The average Bonchev–Trinajstić information content (AvgIpc) is 2.58. The maximum atomic E-state index is 12.0. The maximum absolute atomic E-state index is 12.0. The summed E-state index contributed by atoms with van der Waals surface area (Å²) >= 11 is 0. The van der Waals surface area contributed by atoms with Crippen LogP contribution >= 0.6 is 0 Å². The quantitative estimate of drug-likeness (QED) is 0.682. The summed E-state index contributed by atoms with van der Waals surface area (Å²) in [5.74, 6) is 0.675. The number of ether oxygens (including phenoxy) is 1. The molecule has 0 bridgehead atoms. The monoisotopic (exact) mass is 226 g/mol. The van der Waals surface area contributed by atoms with E-state index in [-0.39, 0.29) is 6.09 Å². The molecule has 1 unspecified atom stereocenters. The van der Waals surface area contributed by atoms with Crippen LogP contribution in [0, 0.1) is 5.92 Å². The van der Waals surface area contributed by atoms with Crippen molar-refractivity contribution in [3.8, 4) is 0 Å². The fourth-order valence-corrected chi connectivity index (χ4v) is 2.62. The third-order valence-corrected chi connectivity index (χ3v) is 3.36. The van der Waals surface area contributed by atoms with Crippen molar-refractivity contribution in [1.29, 1.82) is 0 Å². The third kappa shape index (κ3) is 2.48. The topological polar surface area (TPSA) is 41.6 Å². The molecule has 0 aromatic rings. The van der Waals surface area contributed by atoms with E-state index < -0.39 is 5.60 Å². The van der Waals surface area contributed by atoms with Crippen molar-refractivity contribution in [2.24, 2.45) is 5.92 Å². The number of rotatable bonds is 0. The lowest BCUT2D eigenvalue weighted by atomic mass is 9.93. The maximum Gasteiger partial charge on any atom is 0.410 e. The van der Waals surface area contributed by atoms with E-state index in [1.54, 1.807) is 0 Å². The van der Waals surface area contributed by atoms with Gasteiger partial charge in [0.2, 0.25) is 0 Å². The Bertz CT molecular complexity index is 273. The summed E-state index contributed by atoms with van der Waals surface area (Å²) in [5.41, 5.74) is -0.392. The van der Waals surface area contributed by atoms with Crippen molar-refractivity contribution in [1.82, 2.24) is 10.2 Å². The highest BCUT2D eigenvalue weighted by molar-refractivity contribution is 5.69. The predicted molar refractivity (Wildman–Crippen MR) is 62.3 cm³/mol. The van der Waals surface area contributed by atoms with E-state index >= 15 is 0 Å². The molecule has 2 aliphatic heterocycles. The Morgan fingerprint density at radius 3 is 2.81 bits per heavy atom. The fourth-order valence-electron chi connectivity index (χ4n) is 2.62. The van der Waals surface area contributed by atoms with E-state index in [1.165, 1.54) is 6.42 Å². The summed E-state index contributed by atoms with van der Waals surface area (Å²) in [6.45, 7) is 8.60. The highest BCUT2D eigenvalue weighted by atomic mass is 16.6. The van der Waals surface area contributed by atoms with Crippen LogP contribution in [0.3, 0.4) is 0 Å². The van der Waals surface area contributed by atoms with Gasteiger partial charge in [-0.1, -0.05) is 0 Å². The fraction of sp³-hybridized carbons (Fsp3) is 0.917. The Morgan fingerprint density at radius 2 is 2.12 bits per heavy atom. The Hall–Kier alpha value is -0.770. The van der Waals surface area contributed by atoms with Gasteiger partial charge in [-0.15, -0.1) is 0 Å². The number of carbonyl (C=O) groups excluding carboxylic acids is 1. The van der Waals surface area contributed by atoms with E-state index in [4.69, 9.17) is 4.74 Å². The molecular weight excluding hydrogens is 204 g/mol. The van der Waals surface area contributed by atoms with E-state index in [9.17, 15) is 4.79 Å². The van der Waals surface area contributed by atoms with E-state index in [0.717, 1.165) is 26.1 Å². The van der Waals surface area contributed by atoms with Crippen molar-refractivity contribution in [3.63, 3.8) is 0 Å². The molecule has 0 spiro atoms. The number of hydrogen-bond donors (Lipinski definition) is 1. The Labute approximate surface area is 97.3 Å². The highest BCUT2D eigenvalue weighted by Gasteiger charge is 2.39. The predicted octanol–water partition coefficient (Wildman–Crippen LogP) is 1.61. The molecule has 0 aromatic heterocycles. The van der Waals surface area contributed by atoms with Gasteiger partial charge in [0.25, 0.3) is 0 Å². The minimum Gasteiger partial charge on any atom is -0.444 e. The number of carbonyl (C=O) groups is 1. The van der Waals surface area contributed by atoms with Gasteiger partial charge in [-0.2, -0.15) is 0 Å². The second kappa shape index (κ2) is 4.24. The van der Waals surface area contributed by atoms with Gasteiger partial charge in [-0.05, 0) is 46.1 Å². The molecule has 16 heavy (non-hydrogen) atoms. The van der Waals surface area contributed by atoms with Crippen LogP contribution in [0.5, 0.6) is 0 Å². The highest BCUT2D eigenvalue weighted by Crippen LogP contribution is 2.29. The minimum atomic E-state index is -0.392. The smallest absolute Gasteiger partial charge is 0.410 e. The zero-order chi connectivity index (χ0) is 11.8. The molecule has 2 atom stereocenters. The first-order valence-corrected chi connectivity index (χ1v) is 6.18. The van der Waals surface area contributed by atoms with E-state index in [1.807, 2.05) is 25.7 Å². The molecule has 2 aliphatic rings. The largest absolute Gasteiger partial charge is 0.444 e. The van der Waals surface area contributed by atoms with Gasteiger partial charge in [0.15, 0.2) is 0 Å². The molecule has 0 radical (unpaired) electrons. The number of nitrogens with zero attached hydrogens (tertiary/aromatic N) is 1. The molecule has 1 amide bonds. The lowest BCUT2D eigenvalue weighted by molar-refractivity contribution is 0.0195. The molecule has 4 heteroatoms. The molecule has 4 nitrogen and oxygen atoms in total. The number of piperidine rings is 1. The molecule has 2 saturated heterocycles. The second-order valence-electron chi connectivity index (χ2n) is 5.78. The molecular formula is C12H22N2O2. The number of likely N-dealkylation sites (tertiary alicyclic amines) is 1. The van der Waals surface area contributed by atoms with Crippen molar-refractivity contribution in [2.75, 3.05) is 19.6 Å². The van der Waals surface area contributed by atoms with Gasteiger partial charge in [0.05, 0.1) is 6.04 Å². The first-order valence-electron chi connectivity index (χ1n) is 6.18. The molecule has 2 heterocycles. The van der Waals surface area contributed by atoms with Gasteiger partial charge in [0.1, 0.15) is 5.60 Å². The van der Waals surface area contributed by atoms with E-state index in [2.05, 4.69) is 5.32 Å². The van der Waals surface area contributed by atoms with Crippen molar-refractivity contribution >= 4 is 6.09 Å². The summed E-state index contributed by atoms with van der Waals surface area (Å²) in [6.07, 6.45) is 2.17. The first-order chi connectivity index (χ1) is 7.47. The zero-order valence-corrected chi connectivity index (χ0v) is 10.5. The van der Waals surface area contributed by atoms with Gasteiger partial charge < -0.3 is 15.0 Å². The lowest BCUT2D eigenvalue weighted by Crippen LogP contribution is -2.49. The van der Waals surface area contributed by atoms with Gasteiger partial charge in [0, 0.05) is 13.1 Å². The van der Waals surface area contributed by atoms with Crippen LogP contribution in [-0.4, -0.2) is 42.3 Å². The standard InChI is InChI=1S/C12H22N2O2/c1-12(2,3)16-11(15)14-7-5-9-4-6-13-8-10(9)14/h9-10,13H,4-8H2,1-3H3/t9-,10?/m0/s1. The Morgan fingerprint density at radius 1 is 1.38 bits per heavy atom. The Balaban J connectivity index is 1.97. The van der Waals surface area contributed by atoms with Crippen molar-refractivity contribution in [2.45, 2.75) is 45.3 Å². The summed E-state index contributed by atoms with van der Waals surface area (Å²) < 4.78 is 5.43.